The molecule has 0 fully saturated rings. The Kier molecular flexibility index (Phi) is 7.79. The highest BCUT2D eigenvalue weighted by Gasteiger charge is 2.17. The molecule has 0 radical (unpaired) electrons. The summed E-state index contributed by atoms with van der Waals surface area (Å²) in [6.07, 6.45) is 0. The summed E-state index contributed by atoms with van der Waals surface area (Å²) in [4.78, 5) is 23.0. The van der Waals surface area contributed by atoms with Gasteiger partial charge in [-0.1, -0.05) is 26.0 Å². The van der Waals surface area contributed by atoms with Gasteiger partial charge in [0.2, 0.25) is 11.8 Å². The van der Waals surface area contributed by atoms with E-state index in [9.17, 15) is 14.0 Å². The van der Waals surface area contributed by atoms with Crippen LogP contribution in [0.4, 0.5) is 10.1 Å². The predicted molar refractivity (Wildman–Crippen MR) is 78.1 cm³/mol. The molecule has 0 heterocycles. The van der Waals surface area contributed by atoms with Crippen LogP contribution in [0.25, 0.3) is 0 Å². The zero-order chi connectivity index (χ0) is 14.4. The zero-order valence-corrected chi connectivity index (χ0v) is 12.2. The van der Waals surface area contributed by atoms with Crippen molar-refractivity contribution in [2.24, 2.45) is 11.7 Å². The van der Waals surface area contributed by atoms with Gasteiger partial charge in [-0.3, -0.25) is 9.59 Å². The van der Waals surface area contributed by atoms with E-state index in [0.29, 0.717) is 0 Å². The number of hydrogen-bond acceptors (Lipinski definition) is 3. The summed E-state index contributed by atoms with van der Waals surface area (Å²) in [5.41, 5.74) is 5.70. The molecule has 1 aromatic carbocycles. The Morgan fingerprint density at radius 2 is 1.90 bits per heavy atom. The number of anilines is 1. The summed E-state index contributed by atoms with van der Waals surface area (Å²) < 4.78 is 13.3. The van der Waals surface area contributed by atoms with Crippen LogP contribution in [0.5, 0.6) is 0 Å². The molecule has 7 heteroatoms. The summed E-state index contributed by atoms with van der Waals surface area (Å²) in [6, 6.07) is 5.14. The lowest BCUT2D eigenvalue weighted by molar-refractivity contribution is -0.125. The number of rotatable bonds is 5. The molecule has 2 amide bonds. The maximum absolute atomic E-state index is 13.3. The maximum Gasteiger partial charge on any atom is 0.243 e. The third-order valence-corrected chi connectivity index (χ3v) is 2.59. The third-order valence-electron chi connectivity index (χ3n) is 2.59. The van der Waals surface area contributed by atoms with Crippen LogP contribution in [0.15, 0.2) is 24.3 Å². The van der Waals surface area contributed by atoms with E-state index in [1.165, 1.54) is 18.2 Å². The lowest BCUT2D eigenvalue weighted by atomic mass is 10.1. The Balaban J connectivity index is 0.00000361. The van der Waals surface area contributed by atoms with Gasteiger partial charge in [0.05, 0.1) is 18.3 Å². The summed E-state index contributed by atoms with van der Waals surface area (Å²) in [5.74, 6) is -1.45. The van der Waals surface area contributed by atoms with Crippen molar-refractivity contribution in [3.05, 3.63) is 30.1 Å². The van der Waals surface area contributed by atoms with Crippen molar-refractivity contribution < 1.29 is 14.0 Å². The normalized spacial score (nSPS) is 11.4. The monoisotopic (exact) mass is 303 g/mol. The van der Waals surface area contributed by atoms with Crippen molar-refractivity contribution >= 4 is 29.9 Å². The second-order valence-corrected chi connectivity index (χ2v) is 4.52. The minimum atomic E-state index is -0.665. The summed E-state index contributed by atoms with van der Waals surface area (Å²) in [5, 5.41) is 4.77. The predicted octanol–water partition coefficient (Wildman–Crippen LogP) is 1.29. The molecular weight excluding hydrogens is 285 g/mol. The number of nitrogens with one attached hydrogen (secondary N) is 2. The minimum Gasteiger partial charge on any atom is -0.346 e. The van der Waals surface area contributed by atoms with Gasteiger partial charge in [-0.05, 0) is 18.1 Å². The van der Waals surface area contributed by atoms with Gasteiger partial charge in [0.15, 0.2) is 0 Å². The number of hydrogen-bond donors (Lipinski definition) is 3. The first-order chi connectivity index (χ1) is 8.91. The molecule has 1 aromatic rings. The van der Waals surface area contributed by atoms with Crippen molar-refractivity contribution in [3.63, 3.8) is 0 Å². The molecule has 0 aliphatic carbocycles. The Morgan fingerprint density at radius 3 is 2.45 bits per heavy atom. The molecule has 112 valence electrons. The SMILES string of the molecule is CC(C)[C@H](N)C(=O)NCC(=O)Nc1ccccc1F.Cl. The number of amides is 2. The van der Waals surface area contributed by atoms with Crippen molar-refractivity contribution in [1.29, 1.82) is 0 Å². The quantitative estimate of drug-likeness (QED) is 0.766. The van der Waals surface area contributed by atoms with E-state index in [-0.39, 0.29) is 30.6 Å². The maximum atomic E-state index is 13.3. The van der Waals surface area contributed by atoms with E-state index in [1.807, 2.05) is 13.8 Å². The van der Waals surface area contributed by atoms with Crippen LogP contribution >= 0.6 is 12.4 Å². The summed E-state index contributed by atoms with van der Waals surface area (Å²) >= 11 is 0. The molecule has 0 saturated heterocycles. The molecule has 0 aliphatic rings. The highest BCUT2D eigenvalue weighted by atomic mass is 35.5. The van der Waals surface area contributed by atoms with E-state index in [4.69, 9.17) is 5.73 Å². The lowest BCUT2D eigenvalue weighted by Crippen LogP contribution is -2.46. The van der Waals surface area contributed by atoms with E-state index in [0.717, 1.165) is 0 Å². The highest BCUT2D eigenvalue weighted by Crippen LogP contribution is 2.11. The fourth-order valence-electron chi connectivity index (χ4n) is 1.34. The first kappa shape index (κ1) is 18.3. The van der Waals surface area contributed by atoms with Crippen LogP contribution < -0.4 is 16.4 Å². The Bertz CT molecular complexity index is 469. The summed E-state index contributed by atoms with van der Waals surface area (Å²) in [6.45, 7) is 3.38. The Hall–Kier alpha value is -1.66. The van der Waals surface area contributed by atoms with Gasteiger partial charge >= 0.3 is 0 Å². The molecule has 0 unspecified atom stereocenters. The van der Waals surface area contributed by atoms with Crippen LogP contribution in [-0.4, -0.2) is 24.4 Å². The van der Waals surface area contributed by atoms with Gasteiger partial charge in [0.25, 0.3) is 0 Å². The Labute approximate surface area is 123 Å². The number of halogens is 2. The standard InChI is InChI=1S/C13H18FN3O2.ClH/c1-8(2)12(15)13(19)16-7-11(18)17-10-6-4-3-5-9(10)14;/h3-6,8,12H,7,15H2,1-2H3,(H,16,19)(H,17,18);1H/t12-;/m0./s1. The number of carbonyl (C=O) groups excluding carboxylic acids is 2. The van der Waals surface area contributed by atoms with E-state index in [1.54, 1.807) is 6.07 Å². The minimum absolute atomic E-state index is 0. The first-order valence-electron chi connectivity index (χ1n) is 5.99. The van der Waals surface area contributed by atoms with Crippen LogP contribution in [0.3, 0.4) is 0 Å². The van der Waals surface area contributed by atoms with Crippen molar-refractivity contribution in [1.82, 2.24) is 5.32 Å². The second kappa shape index (κ2) is 8.50. The lowest BCUT2D eigenvalue weighted by Gasteiger charge is -2.15. The van der Waals surface area contributed by atoms with Gasteiger partial charge in [0.1, 0.15) is 5.82 Å². The molecule has 0 aromatic heterocycles. The van der Waals surface area contributed by atoms with Crippen LogP contribution in [-0.2, 0) is 9.59 Å². The van der Waals surface area contributed by atoms with E-state index < -0.39 is 23.7 Å². The van der Waals surface area contributed by atoms with Gasteiger partial charge in [-0.25, -0.2) is 4.39 Å². The van der Waals surface area contributed by atoms with Gasteiger partial charge in [-0.15, -0.1) is 12.4 Å². The van der Waals surface area contributed by atoms with Gasteiger partial charge < -0.3 is 16.4 Å². The van der Waals surface area contributed by atoms with E-state index >= 15 is 0 Å². The topological polar surface area (TPSA) is 84.2 Å². The number of para-hydroxylation sites is 1. The molecule has 1 rings (SSSR count). The number of nitrogens with two attached hydrogens (primary N) is 1. The fraction of sp³-hybridized carbons (Fsp3) is 0.385. The number of carbonyl (C=O) groups is 2. The average molecular weight is 304 g/mol. The van der Waals surface area contributed by atoms with Crippen molar-refractivity contribution in [3.8, 4) is 0 Å². The van der Waals surface area contributed by atoms with Crippen molar-refractivity contribution in [2.45, 2.75) is 19.9 Å². The smallest absolute Gasteiger partial charge is 0.243 e. The average Bonchev–Trinajstić information content (AvgIpc) is 2.37. The van der Waals surface area contributed by atoms with Crippen LogP contribution in [0.2, 0.25) is 0 Å². The van der Waals surface area contributed by atoms with Crippen molar-refractivity contribution in [2.75, 3.05) is 11.9 Å². The zero-order valence-electron chi connectivity index (χ0n) is 11.4. The number of benzene rings is 1. The van der Waals surface area contributed by atoms with E-state index in [2.05, 4.69) is 10.6 Å². The molecular formula is C13H19ClFN3O2. The van der Waals surface area contributed by atoms with Gasteiger partial charge in [-0.2, -0.15) is 0 Å². The molecule has 1 atom stereocenters. The Morgan fingerprint density at radius 1 is 1.30 bits per heavy atom. The second-order valence-electron chi connectivity index (χ2n) is 4.52. The third kappa shape index (κ3) is 5.54. The highest BCUT2D eigenvalue weighted by molar-refractivity contribution is 5.95. The van der Waals surface area contributed by atoms with Crippen LogP contribution in [0.1, 0.15) is 13.8 Å². The largest absolute Gasteiger partial charge is 0.346 e. The molecule has 5 nitrogen and oxygen atoms in total. The fourth-order valence-corrected chi connectivity index (χ4v) is 1.34. The summed E-state index contributed by atoms with van der Waals surface area (Å²) in [7, 11) is 0. The molecule has 0 bridgehead atoms. The molecule has 20 heavy (non-hydrogen) atoms. The first-order valence-corrected chi connectivity index (χ1v) is 5.99. The molecule has 0 saturated carbocycles. The van der Waals surface area contributed by atoms with Crippen LogP contribution in [0, 0.1) is 11.7 Å². The van der Waals surface area contributed by atoms with Gasteiger partial charge in [0, 0.05) is 0 Å². The molecule has 0 aliphatic heterocycles. The molecule has 0 spiro atoms. The molecule has 4 N–H and O–H groups in total.